The van der Waals surface area contributed by atoms with Crippen LogP contribution in [0.1, 0.15) is 37.6 Å². The largest absolute Gasteiger partial charge is 0.496 e. The average molecular weight is 391 g/mol. The van der Waals surface area contributed by atoms with E-state index in [9.17, 15) is 4.79 Å². The second-order valence-corrected chi connectivity index (χ2v) is 7.69. The number of benzene rings is 1. The van der Waals surface area contributed by atoms with Crippen molar-refractivity contribution in [3.8, 4) is 11.7 Å². The van der Waals surface area contributed by atoms with Crippen molar-refractivity contribution in [1.82, 2.24) is 19.7 Å². The van der Waals surface area contributed by atoms with E-state index in [0.717, 1.165) is 16.8 Å². The van der Waals surface area contributed by atoms with E-state index in [1.807, 2.05) is 31.2 Å². The molecular formula is C22H25N5O2. The fourth-order valence-corrected chi connectivity index (χ4v) is 2.71. The van der Waals surface area contributed by atoms with Gasteiger partial charge >= 0.3 is 0 Å². The lowest BCUT2D eigenvalue weighted by atomic mass is 9.92. The summed E-state index contributed by atoms with van der Waals surface area (Å²) in [6, 6.07) is 9.37. The molecule has 7 nitrogen and oxygen atoms in total. The highest BCUT2D eigenvalue weighted by Crippen LogP contribution is 2.25. The molecule has 1 N–H and O–H groups in total. The lowest BCUT2D eigenvalue weighted by Gasteiger charge is -2.13. The van der Waals surface area contributed by atoms with Crippen molar-refractivity contribution in [3.63, 3.8) is 0 Å². The van der Waals surface area contributed by atoms with Gasteiger partial charge in [0, 0.05) is 35.5 Å². The summed E-state index contributed by atoms with van der Waals surface area (Å²) in [5.41, 5.74) is 2.55. The molecule has 2 heterocycles. The minimum absolute atomic E-state index is 0.190. The van der Waals surface area contributed by atoms with Gasteiger partial charge in [-0.1, -0.05) is 32.4 Å². The third kappa shape index (κ3) is 4.87. The van der Waals surface area contributed by atoms with Crippen molar-refractivity contribution in [2.75, 3.05) is 12.4 Å². The highest BCUT2D eigenvalue weighted by atomic mass is 16.5. The van der Waals surface area contributed by atoms with Crippen LogP contribution in [0.3, 0.4) is 0 Å². The van der Waals surface area contributed by atoms with Crippen molar-refractivity contribution in [1.29, 1.82) is 0 Å². The average Bonchev–Trinajstić information content (AvgIpc) is 3.11. The molecule has 0 atom stereocenters. The van der Waals surface area contributed by atoms with Crippen molar-refractivity contribution in [2.24, 2.45) is 0 Å². The summed E-state index contributed by atoms with van der Waals surface area (Å²) < 4.78 is 6.90. The number of aryl methyl sites for hydroxylation is 1. The Labute approximate surface area is 170 Å². The van der Waals surface area contributed by atoms with Crippen LogP contribution < -0.4 is 10.1 Å². The third-order valence-electron chi connectivity index (χ3n) is 4.27. The molecule has 0 bridgehead atoms. The molecule has 0 fully saturated rings. The molecule has 150 valence electrons. The van der Waals surface area contributed by atoms with Gasteiger partial charge in [-0.25, -0.2) is 9.97 Å². The van der Waals surface area contributed by atoms with Crippen molar-refractivity contribution in [2.45, 2.75) is 33.1 Å². The van der Waals surface area contributed by atoms with E-state index in [4.69, 9.17) is 4.74 Å². The van der Waals surface area contributed by atoms with E-state index >= 15 is 0 Å². The Morgan fingerprint density at radius 3 is 2.55 bits per heavy atom. The number of anilines is 1. The van der Waals surface area contributed by atoms with Crippen LogP contribution in [0.25, 0.3) is 12.0 Å². The van der Waals surface area contributed by atoms with Crippen LogP contribution in [-0.4, -0.2) is 32.8 Å². The number of aromatic nitrogens is 4. The molecule has 29 heavy (non-hydrogen) atoms. The van der Waals surface area contributed by atoms with Gasteiger partial charge in [-0.15, -0.1) is 0 Å². The van der Waals surface area contributed by atoms with Crippen LogP contribution in [0.15, 0.2) is 48.8 Å². The predicted octanol–water partition coefficient (Wildman–Crippen LogP) is 3.93. The molecule has 1 amide bonds. The van der Waals surface area contributed by atoms with E-state index in [-0.39, 0.29) is 11.3 Å². The van der Waals surface area contributed by atoms with Gasteiger partial charge in [0.2, 0.25) is 5.91 Å². The smallest absolute Gasteiger partial charge is 0.252 e. The lowest BCUT2D eigenvalue weighted by Crippen LogP contribution is -2.14. The van der Waals surface area contributed by atoms with Gasteiger partial charge < -0.3 is 10.1 Å². The number of amides is 1. The monoisotopic (exact) mass is 391 g/mol. The first-order valence-electron chi connectivity index (χ1n) is 9.29. The van der Waals surface area contributed by atoms with E-state index in [0.29, 0.717) is 17.5 Å². The minimum atomic E-state index is -0.286. The molecule has 3 rings (SSSR count). The molecule has 0 saturated carbocycles. The van der Waals surface area contributed by atoms with E-state index in [2.05, 4.69) is 41.2 Å². The number of rotatable bonds is 5. The van der Waals surface area contributed by atoms with E-state index in [1.165, 1.54) is 6.08 Å². The summed E-state index contributed by atoms with van der Waals surface area (Å²) in [7, 11) is 1.61. The van der Waals surface area contributed by atoms with Crippen LogP contribution in [0.4, 0.5) is 5.82 Å². The summed E-state index contributed by atoms with van der Waals surface area (Å²) in [6.45, 7) is 8.16. The molecule has 3 aromatic rings. The molecule has 0 aliphatic carbocycles. The first-order valence-corrected chi connectivity index (χ1v) is 9.29. The Hall–Kier alpha value is -3.48. The molecule has 0 radical (unpaired) electrons. The zero-order chi connectivity index (χ0) is 21.0. The van der Waals surface area contributed by atoms with Gasteiger partial charge in [0.1, 0.15) is 11.6 Å². The summed E-state index contributed by atoms with van der Waals surface area (Å²) in [4.78, 5) is 21.1. The van der Waals surface area contributed by atoms with Crippen LogP contribution in [0.2, 0.25) is 0 Å². The number of ether oxygens (including phenoxy) is 1. The number of carbonyl (C=O) groups excluding carboxylic acids is 1. The summed E-state index contributed by atoms with van der Waals surface area (Å²) in [6.07, 6.45) is 6.47. The standard InChI is InChI=1S/C22H25N5O2/c1-15-7-9-17(29-5)16(13-15)8-10-20(28)25-19-14-18(22(2,3)4)26-27(19)21-23-11-6-12-24-21/h6-14H,1-5H3,(H,25,28)/b10-8+. The van der Waals surface area contributed by atoms with Crippen LogP contribution >= 0.6 is 0 Å². The first-order chi connectivity index (χ1) is 13.8. The fourth-order valence-electron chi connectivity index (χ4n) is 2.71. The number of carbonyl (C=O) groups is 1. The van der Waals surface area contributed by atoms with E-state index in [1.54, 1.807) is 36.3 Å². The van der Waals surface area contributed by atoms with Crippen LogP contribution in [0, 0.1) is 6.92 Å². The zero-order valence-corrected chi connectivity index (χ0v) is 17.3. The molecular weight excluding hydrogens is 366 g/mol. The van der Waals surface area contributed by atoms with Crippen molar-refractivity contribution >= 4 is 17.8 Å². The number of hydrogen-bond acceptors (Lipinski definition) is 5. The summed E-state index contributed by atoms with van der Waals surface area (Å²) in [5.74, 6) is 1.32. The van der Waals surface area contributed by atoms with Gasteiger partial charge in [0.05, 0.1) is 12.8 Å². The first kappa shape index (κ1) is 20.3. The van der Waals surface area contributed by atoms with Crippen LogP contribution in [-0.2, 0) is 10.2 Å². The lowest BCUT2D eigenvalue weighted by molar-refractivity contribution is -0.111. The maximum Gasteiger partial charge on any atom is 0.252 e. The SMILES string of the molecule is COc1ccc(C)cc1/C=C/C(=O)Nc1cc(C(C)(C)C)nn1-c1ncccn1. The third-order valence-corrected chi connectivity index (χ3v) is 4.27. The molecule has 0 spiro atoms. The zero-order valence-electron chi connectivity index (χ0n) is 17.3. The molecule has 0 aliphatic heterocycles. The second kappa shape index (κ2) is 8.26. The highest BCUT2D eigenvalue weighted by molar-refractivity contribution is 6.01. The number of nitrogens with one attached hydrogen (secondary N) is 1. The Bertz CT molecular complexity index is 1030. The Morgan fingerprint density at radius 2 is 1.90 bits per heavy atom. The Morgan fingerprint density at radius 1 is 1.17 bits per heavy atom. The topological polar surface area (TPSA) is 81.9 Å². The molecule has 0 saturated heterocycles. The van der Waals surface area contributed by atoms with Gasteiger partial charge in [0.15, 0.2) is 0 Å². The number of methoxy groups -OCH3 is 1. The summed E-state index contributed by atoms with van der Waals surface area (Å²) >= 11 is 0. The quantitative estimate of drug-likeness (QED) is 0.667. The van der Waals surface area contributed by atoms with Gasteiger partial charge in [-0.05, 0) is 31.2 Å². The van der Waals surface area contributed by atoms with Gasteiger partial charge in [0.25, 0.3) is 5.95 Å². The number of hydrogen-bond donors (Lipinski definition) is 1. The highest BCUT2D eigenvalue weighted by Gasteiger charge is 2.22. The van der Waals surface area contributed by atoms with Crippen molar-refractivity contribution < 1.29 is 9.53 Å². The maximum absolute atomic E-state index is 12.6. The Balaban J connectivity index is 1.88. The van der Waals surface area contributed by atoms with Gasteiger partial charge in [-0.3, -0.25) is 4.79 Å². The summed E-state index contributed by atoms with van der Waals surface area (Å²) in [5, 5.41) is 7.47. The second-order valence-electron chi connectivity index (χ2n) is 7.69. The molecule has 1 aromatic carbocycles. The normalized spacial score (nSPS) is 11.6. The van der Waals surface area contributed by atoms with Crippen LogP contribution in [0.5, 0.6) is 5.75 Å². The molecule has 7 heteroatoms. The predicted molar refractivity (Wildman–Crippen MR) is 113 cm³/mol. The molecule has 0 unspecified atom stereocenters. The fraction of sp³-hybridized carbons (Fsp3) is 0.273. The van der Waals surface area contributed by atoms with Crippen molar-refractivity contribution in [3.05, 3.63) is 65.6 Å². The number of nitrogens with zero attached hydrogens (tertiary/aromatic N) is 4. The maximum atomic E-state index is 12.6. The van der Waals surface area contributed by atoms with Gasteiger partial charge in [-0.2, -0.15) is 9.78 Å². The molecule has 0 aliphatic rings. The Kier molecular flexibility index (Phi) is 5.77. The molecule has 2 aromatic heterocycles. The van der Waals surface area contributed by atoms with E-state index < -0.39 is 0 Å². The minimum Gasteiger partial charge on any atom is -0.496 e.